The third kappa shape index (κ3) is 4.74. The van der Waals surface area contributed by atoms with Crippen molar-refractivity contribution in [2.45, 2.75) is 27.3 Å². The van der Waals surface area contributed by atoms with Crippen LogP contribution in [0.15, 0.2) is 12.3 Å². The number of nitrogens with two attached hydrogens (primary N) is 1. The van der Waals surface area contributed by atoms with Crippen molar-refractivity contribution in [3.8, 4) is 0 Å². The fourth-order valence-electron chi connectivity index (χ4n) is 1.60. The van der Waals surface area contributed by atoms with Crippen molar-refractivity contribution in [2.24, 2.45) is 5.41 Å². The van der Waals surface area contributed by atoms with Crippen LogP contribution in [0.3, 0.4) is 0 Å². The van der Waals surface area contributed by atoms with Crippen LogP contribution in [0.4, 0.5) is 5.82 Å². The molecule has 0 unspecified atom stereocenters. The summed E-state index contributed by atoms with van der Waals surface area (Å²) in [5, 5.41) is 0. The predicted octanol–water partition coefficient (Wildman–Crippen LogP) is 1.54. The molecule has 1 rings (SSSR count). The van der Waals surface area contributed by atoms with Gasteiger partial charge in [0.2, 0.25) is 0 Å². The summed E-state index contributed by atoms with van der Waals surface area (Å²) in [4.78, 5) is 10.5. The molecule has 0 saturated carbocycles. The highest BCUT2D eigenvalue weighted by atomic mass is 15.1. The van der Waals surface area contributed by atoms with Crippen LogP contribution in [0.1, 0.15) is 26.6 Å². The van der Waals surface area contributed by atoms with E-state index < -0.39 is 0 Å². The molecule has 84 valence electrons. The van der Waals surface area contributed by atoms with E-state index in [4.69, 9.17) is 5.73 Å². The Balaban J connectivity index is 2.55. The Kier molecular flexibility index (Phi) is 3.63. The molecule has 0 fully saturated rings. The molecule has 0 aliphatic rings. The summed E-state index contributed by atoms with van der Waals surface area (Å²) in [5.41, 5.74) is 5.88. The van der Waals surface area contributed by atoms with Gasteiger partial charge in [-0.1, -0.05) is 20.8 Å². The number of aromatic nitrogens is 2. The lowest BCUT2D eigenvalue weighted by atomic mass is 9.96. The molecule has 15 heavy (non-hydrogen) atoms. The first-order chi connectivity index (χ1) is 6.87. The highest BCUT2D eigenvalue weighted by Crippen LogP contribution is 2.15. The third-order valence-corrected chi connectivity index (χ3v) is 1.88. The van der Waals surface area contributed by atoms with Crippen LogP contribution >= 0.6 is 0 Å². The molecule has 0 atom stereocenters. The summed E-state index contributed by atoms with van der Waals surface area (Å²) in [6.45, 7) is 8.38. The van der Waals surface area contributed by atoms with Crippen LogP contribution in [0.2, 0.25) is 0 Å². The summed E-state index contributed by atoms with van der Waals surface area (Å²) < 4.78 is 0. The standard InChI is InChI=1S/C11H20N4/c1-11(2,3)8-15(4)7-10-13-6-5-9(12)14-10/h5-6H,7-8H2,1-4H3,(H2,12,13,14). The number of nitrogens with zero attached hydrogens (tertiary/aromatic N) is 3. The molecule has 0 saturated heterocycles. The Morgan fingerprint density at radius 2 is 2.07 bits per heavy atom. The SMILES string of the molecule is CN(Cc1nccc(N)n1)CC(C)(C)C. The van der Waals surface area contributed by atoms with Crippen molar-refractivity contribution in [2.75, 3.05) is 19.3 Å². The van der Waals surface area contributed by atoms with Gasteiger partial charge in [0.05, 0.1) is 6.54 Å². The van der Waals surface area contributed by atoms with Crippen molar-refractivity contribution >= 4 is 5.82 Å². The Morgan fingerprint density at radius 3 is 2.60 bits per heavy atom. The molecule has 0 amide bonds. The second kappa shape index (κ2) is 4.57. The zero-order chi connectivity index (χ0) is 11.5. The Labute approximate surface area is 91.5 Å². The topological polar surface area (TPSA) is 55.0 Å². The molecule has 4 heteroatoms. The van der Waals surface area contributed by atoms with E-state index in [0.717, 1.165) is 18.9 Å². The molecular weight excluding hydrogens is 188 g/mol. The summed E-state index contributed by atoms with van der Waals surface area (Å²) in [7, 11) is 2.07. The maximum atomic E-state index is 5.59. The summed E-state index contributed by atoms with van der Waals surface area (Å²) in [6, 6.07) is 1.70. The first-order valence-electron chi connectivity index (χ1n) is 5.13. The normalized spacial score (nSPS) is 12.1. The van der Waals surface area contributed by atoms with Gasteiger partial charge >= 0.3 is 0 Å². The zero-order valence-corrected chi connectivity index (χ0v) is 9.99. The Bertz CT molecular complexity index is 317. The lowest BCUT2D eigenvalue weighted by Gasteiger charge is -2.25. The second-order valence-corrected chi connectivity index (χ2v) is 5.13. The highest BCUT2D eigenvalue weighted by molar-refractivity contribution is 5.24. The van der Waals surface area contributed by atoms with Gasteiger partial charge in [0.25, 0.3) is 0 Å². The van der Waals surface area contributed by atoms with Crippen LogP contribution in [-0.2, 0) is 6.54 Å². The van der Waals surface area contributed by atoms with E-state index in [1.165, 1.54) is 0 Å². The quantitative estimate of drug-likeness (QED) is 0.818. The van der Waals surface area contributed by atoms with Gasteiger partial charge in [0, 0.05) is 12.7 Å². The van der Waals surface area contributed by atoms with Gasteiger partial charge in [-0.3, -0.25) is 4.90 Å². The molecule has 0 spiro atoms. The van der Waals surface area contributed by atoms with Crippen LogP contribution in [0, 0.1) is 5.41 Å². The molecule has 0 aromatic carbocycles. The molecule has 1 heterocycles. The predicted molar refractivity (Wildman–Crippen MR) is 62.2 cm³/mol. The fourth-order valence-corrected chi connectivity index (χ4v) is 1.60. The lowest BCUT2D eigenvalue weighted by Crippen LogP contribution is -2.29. The van der Waals surface area contributed by atoms with Gasteiger partial charge in [0.15, 0.2) is 0 Å². The maximum absolute atomic E-state index is 5.59. The third-order valence-electron chi connectivity index (χ3n) is 1.88. The first kappa shape index (κ1) is 11.9. The van der Waals surface area contributed by atoms with Gasteiger partial charge in [-0.2, -0.15) is 0 Å². The average molecular weight is 208 g/mol. The maximum Gasteiger partial charge on any atom is 0.144 e. The fraction of sp³-hybridized carbons (Fsp3) is 0.636. The van der Waals surface area contributed by atoms with Gasteiger partial charge in [-0.25, -0.2) is 9.97 Å². The summed E-state index contributed by atoms with van der Waals surface area (Å²) in [6.07, 6.45) is 1.70. The monoisotopic (exact) mass is 208 g/mol. The molecule has 0 radical (unpaired) electrons. The Hall–Kier alpha value is -1.16. The summed E-state index contributed by atoms with van der Waals surface area (Å²) >= 11 is 0. The van der Waals surface area contributed by atoms with E-state index in [9.17, 15) is 0 Å². The van der Waals surface area contributed by atoms with Gasteiger partial charge in [-0.15, -0.1) is 0 Å². The zero-order valence-electron chi connectivity index (χ0n) is 9.99. The van der Waals surface area contributed by atoms with Gasteiger partial charge < -0.3 is 5.73 Å². The largest absolute Gasteiger partial charge is 0.384 e. The number of rotatable bonds is 3. The minimum atomic E-state index is 0.287. The lowest BCUT2D eigenvalue weighted by molar-refractivity contribution is 0.217. The minimum absolute atomic E-state index is 0.287. The number of hydrogen-bond donors (Lipinski definition) is 1. The van der Waals surface area contributed by atoms with Crippen molar-refractivity contribution in [3.05, 3.63) is 18.1 Å². The smallest absolute Gasteiger partial charge is 0.144 e. The van der Waals surface area contributed by atoms with E-state index in [1.807, 2.05) is 0 Å². The minimum Gasteiger partial charge on any atom is -0.384 e. The molecular formula is C11H20N4. The van der Waals surface area contributed by atoms with Crippen molar-refractivity contribution in [1.29, 1.82) is 0 Å². The van der Waals surface area contributed by atoms with Crippen LogP contribution in [0.25, 0.3) is 0 Å². The van der Waals surface area contributed by atoms with Crippen molar-refractivity contribution in [1.82, 2.24) is 14.9 Å². The number of anilines is 1. The molecule has 2 N–H and O–H groups in total. The second-order valence-electron chi connectivity index (χ2n) is 5.13. The highest BCUT2D eigenvalue weighted by Gasteiger charge is 2.14. The molecule has 4 nitrogen and oxygen atoms in total. The first-order valence-corrected chi connectivity index (χ1v) is 5.13. The van der Waals surface area contributed by atoms with Gasteiger partial charge in [0.1, 0.15) is 11.6 Å². The van der Waals surface area contributed by atoms with Crippen LogP contribution in [-0.4, -0.2) is 28.5 Å². The number of nitrogen functional groups attached to an aromatic ring is 1. The van der Waals surface area contributed by atoms with Gasteiger partial charge in [-0.05, 0) is 18.5 Å². The van der Waals surface area contributed by atoms with E-state index in [-0.39, 0.29) is 5.41 Å². The average Bonchev–Trinajstić information content (AvgIpc) is 1.99. The molecule has 0 bridgehead atoms. The van der Waals surface area contributed by atoms with E-state index in [1.54, 1.807) is 12.3 Å². The molecule has 1 aromatic heterocycles. The molecule has 1 aromatic rings. The van der Waals surface area contributed by atoms with Crippen LogP contribution < -0.4 is 5.73 Å². The molecule has 0 aliphatic carbocycles. The van der Waals surface area contributed by atoms with E-state index in [0.29, 0.717) is 5.82 Å². The Morgan fingerprint density at radius 1 is 1.40 bits per heavy atom. The van der Waals surface area contributed by atoms with Crippen LogP contribution in [0.5, 0.6) is 0 Å². The number of hydrogen-bond acceptors (Lipinski definition) is 4. The van der Waals surface area contributed by atoms with E-state index in [2.05, 4.69) is 42.7 Å². The van der Waals surface area contributed by atoms with Crippen molar-refractivity contribution < 1.29 is 0 Å². The summed E-state index contributed by atoms with van der Waals surface area (Å²) in [5.74, 6) is 1.31. The van der Waals surface area contributed by atoms with E-state index >= 15 is 0 Å². The molecule has 0 aliphatic heterocycles. The van der Waals surface area contributed by atoms with Crippen molar-refractivity contribution in [3.63, 3.8) is 0 Å².